The van der Waals surface area contributed by atoms with Crippen molar-refractivity contribution in [1.29, 1.82) is 5.26 Å². The number of aromatic nitrogens is 1. The molecule has 0 N–H and O–H groups in total. The number of pyridine rings is 1. The predicted octanol–water partition coefficient (Wildman–Crippen LogP) is 3.96. The Morgan fingerprint density at radius 2 is 1.87 bits per heavy atom. The van der Waals surface area contributed by atoms with Crippen LogP contribution in [-0.2, 0) is 0 Å². The molecule has 1 aromatic carbocycles. The van der Waals surface area contributed by atoms with Gasteiger partial charge in [-0.3, -0.25) is 4.79 Å². The number of carbonyl (C=O) groups excluding carboxylic acids is 1. The van der Waals surface area contributed by atoms with Crippen LogP contribution in [0.15, 0.2) is 48.7 Å². The summed E-state index contributed by atoms with van der Waals surface area (Å²) >= 11 is 5.16. The zero-order valence-electron chi connectivity index (χ0n) is 11.5. The highest BCUT2D eigenvalue weighted by atomic mass is 35.5. The minimum Gasteiger partial charge on any atom is -0.468 e. The molecule has 0 aliphatic rings. The highest BCUT2D eigenvalue weighted by Gasteiger charge is 2.28. The number of hydrogen-bond acceptors (Lipinski definition) is 4. The van der Waals surface area contributed by atoms with Crippen LogP contribution in [0.4, 0.5) is 13.2 Å². The van der Waals surface area contributed by atoms with Gasteiger partial charge in [-0.15, -0.1) is 0 Å². The molecule has 120 valence electrons. The summed E-state index contributed by atoms with van der Waals surface area (Å²) in [6.45, 7) is -1.38. The monoisotopic (exact) mass is 342 g/mol. The minimum absolute atomic E-state index is 0.152. The molecule has 0 bridgehead atoms. The quantitative estimate of drug-likeness (QED) is 0.792. The van der Waals surface area contributed by atoms with E-state index < -0.39 is 18.0 Å². The fourth-order valence-electron chi connectivity index (χ4n) is 1.26. The number of carbonyl (C=O) groups is 1. The molecule has 0 unspecified atom stereocenters. The van der Waals surface area contributed by atoms with Crippen LogP contribution in [0, 0.1) is 11.3 Å². The van der Waals surface area contributed by atoms with Crippen molar-refractivity contribution < 1.29 is 22.7 Å². The number of nitriles is 1. The van der Waals surface area contributed by atoms with Crippen LogP contribution in [0.1, 0.15) is 15.9 Å². The van der Waals surface area contributed by atoms with Gasteiger partial charge in [0.15, 0.2) is 6.61 Å². The molecule has 23 heavy (non-hydrogen) atoms. The average molecular weight is 343 g/mol. The molecule has 2 rings (SSSR count). The van der Waals surface area contributed by atoms with Gasteiger partial charge in [0.25, 0.3) is 5.24 Å². The second-order valence-corrected chi connectivity index (χ2v) is 4.38. The molecule has 0 spiro atoms. The summed E-state index contributed by atoms with van der Waals surface area (Å²) < 4.78 is 39.4. The Morgan fingerprint density at radius 1 is 1.22 bits per heavy atom. The Hall–Kier alpha value is -2.59. The Balaban J connectivity index is 0.000000253. The molecule has 1 heterocycles. The van der Waals surface area contributed by atoms with Gasteiger partial charge >= 0.3 is 6.18 Å². The first-order valence-electron chi connectivity index (χ1n) is 6.12. The van der Waals surface area contributed by atoms with Gasteiger partial charge in [0.05, 0.1) is 5.56 Å². The molecule has 2 aromatic rings. The lowest BCUT2D eigenvalue weighted by atomic mass is 10.2. The van der Waals surface area contributed by atoms with E-state index in [1.54, 1.807) is 30.3 Å². The van der Waals surface area contributed by atoms with Crippen LogP contribution >= 0.6 is 11.6 Å². The van der Waals surface area contributed by atoms with E-state index in [0.29, 0.717) is 5.56 Å². The minimum atomic E-state index is -4.38. The lowest BCUT2D eigenvalue weighted by Crippen LogP contribution is -2.19. The summed E-state index contributed by atoms with van der Waals surface area (Å²) in [4.78, 5) is 13.9. The molecular weight excluding hydrogens is 333 g/mol. The second-order valence-electron chi connectivity index (χ2n) is 4.04. The lowest BCUT2D eigenvalue weighted by Gasteiger charge is -2.07. The predicted molar refractivity (Wildman–Crippen MR) is 77.1 cm³/mol. The van der Waals surface area contributed by atoms with Crippen molar-refractivity contribution >= 4 is 16.8 Å². The zero-order valence-corrected chi connectivity index (χ0v) is 12.3. The van der Waals surface area contributed by atoms with Crippen LogP contribution in [-0.4, -0.2) is 23.0 Å². The van der Waals surface area contributed by atoms with E-state index in [9.17, 15) is 18.0 Å². The second kappa shape index (κ2) is 8.76. The van der Waals surface area contributed by atoms with Crippen molar-refractivity contribution in [2.24, 2.45) is 0 Å². The van der Waals surface area contributed by atoms with E-state index in [0.717, 1.165) is 6.20 Å². The van der Waals surface area contributed by atoms with Gasteiger partial charge in [-0.25, -0.2) is 4.98 Å². The van der Waals surface area contributed by atoms with Crippen molar-refractivity contribution in [2.75, 3.05) is 6.61 Å². The maximum Gasteiger partial charge on any atom is 0.422 e. The topological polar surface area (TPSA) is 63.0 Å². The van der Waals surface area contributed by atoms with E-state index in [1.165, 1.54) is 12.1 Å². The summed E-state index contributed by atoms with van der Waals surface area (Å²) in [5.74, 6) is -0.152. The van der Waals surface area contributed by atoms with E-state index in [-0.39, 0.29) is 11.4 Å². The van der Waals surface area contributed by atoms with Crippen LogP contribution in [0.3, 0.4) is 0 Å². The largest absolute Gasteiger partial charge is 0.468 e. The van der Waals surface area contributed by atoms with Gasteiger partial charge in [0.2, 0.25) is 5.88 Å². The van der Waals surface area contributed by atoms with Crippen molar-refractivity contribution in [3.63, 3.8) is 0 Å². The molecule has 0 radical (unpaired) electrons. The lowest BCUT2D eigenvalue weighted by molar-refractivity contribution is -0.154. The first-order chi connectivity index (χ1) is 10.8. The third-order valence-electron chi connectivity index (χ3n) is 2.25. The number of ether oxygens (including phenoxy) is 1. The number of alkyl halides is 3. The van der Waals surface area contributed by atoms with Gasteiger partial charge < -0.3 is 4.74 Å². The molecule has 4 nitrogen and oxygen atoms in total. The molecular formula is C15H10ClF3N2O2. The summed E-state index contributed by atoms with van der Waals surface area (Å²) in [5.41, 5.74) is 0.809. The highest BCUT2D eigenvalue weighted by molar-refractivity contribution is 6.67. The number of halogens is 4. The first kappa shape index (κ1) is 18.5. The van der Waals surface area contributed by atoms with E-state index >= 15 is 0 Å². The molecule has 0 aliphatic heterocycles. The van der Waals surface area contributed by atoms with Gasteiger partial charge in [-0.2, -0.15) is 18.4 Å². The average Bonchev–Trinajstić information content (AvgIpc) is 2.54. The fourth-order valence-corrected chi connectivity index (χ4v) is 1.38. The van der Waals surface area contributed by atoms with Crippen LogP contribution < -0.4 is 4.74 Å². The fraction of sp³-hybridized carbons (Fsp3) is 0.133. The van der Waals surface area contributed by atoms with Crippen LogP contribution in [0.25, 0.3) is 0 Å². The summed E-state index contributed by atoms with van der Waals surface area (Å²) in [7, 11) is 0. The number of hydrogen-bond donors (Lipinski definition) is 0. The normalized spacial score (nSPS) is 10.0. The van der Waals surface area contributed by atoms with Gasteiger partial charge in [0.1, 0.15) is 6.07 Å². The SMILES string of the molecule is N#Cc1ccc(OCC(F)(F)F)nc1.O=C(Cl)c1ccccc1. The molecule has 0 atom stereocenters. The van der Waals surface area contributed by atoms with Crippen molar-refractivity contribution in [3.8, 4) is 11.9 Å². The standard InChI is InChI=1S/C8H5F3N2O.C7H5ClO/c9-8(10,11)5-14-7-2-1-6(3-12)4-13-7;8-7(9)6-4-2-1-3-5-6/h1-2,4H,5H2;1-5H. The maximum atomic E-state index is 11.7. The summed E-state index contributed by atoms with van der Waals surface area (Å²) in [6, 6.07) is 13.1. The molecule has 8 heteroatoms. The molecule has 0 saturated carbocycles. The Kier molecular flexibility index (Phi) is 7.03. The number of benzene rings is 1. The van der Waals surface area contributed by atoms with Crippen LogP contribution in [0.2, 0.25) is 0 Å². The number of rotatable bonds is 3. The van der Waals surface area contributed by atoms with Gasteiger partial charge in [-0.1, -0.05) is 30.3 Å². The van der Waals surface area contributed by atoms with Gasteiger partial charge in [-0.05, 0) is 17.7 Å². The Morgan fingerprint density at radius 3 is 2.26 bits per heavy atom. The molecule has 0 saturated heterocycles. The van der Waals surface area contributed by atoms with E-state index in [1.807, 2.05) is 6.07 Å². The first-order valence-corrected chi connectivity index (χ1v) is 6.50. The third-order valence-corrected chi connectivity index (χ3v) is 2.47. The summed E-state index contributed by atoms with van der Waals surface area (Å²) in [5, 5.41) is 7.97. The van der Waals surface area contributed by atoms with Crippen molar-refractivity contribution in [3.05, 3.63) is 59.8 Å². The van der Waals surface area contributed by atoms with Gasteiger partial charge in [0, 0.05) is 17.8 Å². The summed E-state index contributed by atoms with van der Waals surface area (Å²) in [6.07, 6.45) is -3.23. The van der Waals surface area contributed by atoms with Crippen LogP contribution in [0.5, 0.6) is 5.88 Å². The van der Waals surface area contributed by atoms with E-state index in [2.05, 4.69) is 9.72 Å². The number of nitrogens with zero attached hydrogens (tertiary/aromatic N) is 2. The molecule has 1 aromatic heterocycles. The van der Waals surface area contributed by atoms with E-state index in [4.69, 9.17) is 16.9 Å². The molecule has 0 aliphatic carbocycles. The zero-order chi connectivity index (χ0) is 17.3. The Bertz CT molecular complexity index is 668. The van der Waals surface area contributed by atoms with Crippen molar-refractivity contribution in [2.45, 2.75) is 6.18 Å². The molecule has 0 amide bonds. The Labute approximate surface area is 135 Å². The maximum absolute atomic E-state index is 11.7. The smallest absolute Gasteiger partial charge is 0.422 e. The third kappa shape index (κ3) is 7.83. The molecule has 0 fully saturated rings. The van der Waals surface area contributed by atoms with Crippen molar-refractivity contribution in [1.82, 2.24) is 4.98 Å². The highest BCUT2D eigenvalue weighted by Crippen LogP contribution is 2.16.